The summed E-state index contributed by atoms with van der Waals surface area (Å²) in [6.07, 6.45) is 1.87. The van der Waals surface area contributed by atoms with Crippen LogP contribution in [0, 0.1) is 0 Å². The standard InChI is InChI=1S/C24H20N2O2S/c1-16(18-10-6-3-7-11-18)25-23(27)19-12-13-21-20(15-19)26-24(28)22(29-21)14-17-8-4-2-5-9-17/h2-16H,1H3,(H,25,27)(H,26,28). The Balaban J connectivity index is 1.51. The largest absolute Gasteiger partial charge is 0.346 e. The van der Waals surface area contributed by atoms with E-state index in [0.717, 1.165) is 16.0 Å². The molecule has 0 fully saturated rings. The molecule has 4 nitrogen and oxygen atoms in total. The first kappa shape index (κ1) is 19.0. The van der Waals surface area contributed by atoms with E-state index in [-0.39, 0.29) is 17.9 Å². The first-order valence-corrected chi connectivity index (χ1v) is 10.2. The predicted molar refractivity (Wildman–Crippen MR) is 118 cm³/mol. The van der Waals surface area contributed by atoms with Crippen molar-refractivity contribution in [3.05, 3.63) is 100 Å². The third kappa shape index (κ3) is 4.41. The molecule has 3 aromatic rings. The van der Waals surface area contributed by atoms with Crippen LogP contribution in [0.3, 0.4) is 0 Å². The van der Waals surface area contributed by atoms with Crippen LogP contribution < -0.4 is 10.6 Å². The highest BCUT2D eigenvalue weighted by molar-refractivity contribution is 8.04. The summed E-state index contributed by atoms with van der Waals surface area (Å²) in [7, 11) is 0. The van der Waals surface area contributed by atoms with Crippen LogP contribution in [0.1, 0.15) is 34.5 Å². The van der Waals surface area contributed by atoms with Crippen molar-refractivity contribution in [2.75, 3.05) is 5.32 Å². The maximum Gasteiger partial charge on any atom is 0.262 e. The number of anilines is 1. The average molecular weight is 401 g/mol. The maximum absolute atomic E-state index is 12.7. The number of carbonyl (C=O) groups excluding carboxylic acids is 2. The lowest BCUT2D eigenvalue weighted by Gasteiger charge is -2.20. The number of thioether (sulfide) groups is 1. The fourth-order valence-corrected chi connectivity index (χ4v) is 4.04. The van der Waals surface area contributed by atoms with Gasteiger partial charge in [-0.05, 0) is 42.3 Å². The Morgan fingerprint density at radius 1 is 1.00 bits per heavy atom. The molecule has 5 heteroatoms. The highest BCUT2D eigenvalue weighted by atomic mass is 32.2. The van der Waals surface area contributed by atoms with Gasteiger partial charge in [0.05, 0.1) is 16.6 Å². The summed E-state index contributed by atoms with van der Waals surface area (Å²) in [5, 5.41) is 5.90. The summed E-state index contributed by atoms with van der Waals surface area (Å²) in [6, 6.07) is 24.8. The van der Waals surface area contributed by atoms with E-state index in [1.165, 1.54) is 11.8 Å². The van der Waals surface area contributed by atoms with Crippen molar-refractivity contribution in [1.82, 2.24) is 5.32 Å². The van der Waals surface area contributed by atoms with Gasteiger partial charge < -0.3 is 10.6 Å². The van der Waals surface area contributed by atoms with Crippen LogP contribution in [0.4, 0.5) is 5.69 Å². The molecule has 29 heavy (non-hydrogen) atoms. The monoisotopic (exact) mass is 400 g/mol. The molecule has 0 aromatic heterocycles. The van der Waals surface area contributed by atoms with Gasteiger partial charge in [-0.25, -0.2) is 0 Å². The molecule has 3 aromatic carbocycles. The number of carbonyl (C=O) groups is 2. The van der Waals surface area contributed by atoms with Gasteiger partial charge in [0, 0.05) is 10.5 Å². The van der Waals surface area contributed by atoms with E-state index in [4.69, 9.17) is 0 Å². The lowest BCUT2D eigenvalue weighted by atomic mass is 10.1. The number of rotatable bonds is 4. The lowest BCUT2D eigenvalue weighted by Crippen LogP contribution is -2.27. The maximum atomic E-state index is 12.7. The zero-order chi connectivity index (χ0) is 20.2. The van der Waals surface area contributed by atoms with E-state index in [2.05, 4.69) is 10.6 Å². The van der Waals surface area contributed by atoms with Gasteiger partial charge in [-0.2, -0.15) is 0 Å². The number of amides is 2. The van der Waals surface area contributed by atoms with Crippen LogP contribution in [0.5, 0.6) is 0 Å². The number of hydrogen-bond acceptors (Lipinski definition) is 3. The molecule has 2 amide bonds. The molecule has 0 saturated carbocycles. The highest BCUT2D eigenvalue weighted by Gasteiger charge is 2.22. The van der Waals surface area contributed by atoms with Crippen LogP contribution >= 0.6 is 11.8 Å². The SMILES string of the molecule is CC(NC(=O)c1ccc2c(c1)NC(=O)C(=Cc1ccccc1)S2)c1ccccc1. The van der Waals surface area contributed by atoms with Crippen molar-refractivity contribution >= 4 is 35.3 Å². The van der Waals surface area contributed by atoms with Crippen molar-refractivity contribution < 1.29 is 9.59 Å². The zero-order valence-electron chi connectivity index (χ0n) is 15.9. The van der Waals surface area contributed by atoms with Gasteiger partial charge in [0.25, 0.3) is 11.8 Å². The number of nitrogens with one attached hydrogen (secondary N) is 2. The summed E-state index contributed by atoms with van der Waals surface area (Å²) in [4.78, 5) is 26.7. The van der Waals surface area contributed by atoms with E-state index in [0.29, 0.717) is 16.2 Å². The molecular formula is C24H20N2O2S. The fraction of sp³-hybridized carbons (Fsp3) is 0.0833. The van der Waals surface area contributed by atoms with E-state index in [1.54, 1.807) is 12.1 Å². The Labute approximate surface area is 174 Å². The summed E-state index contributed by atoms with van der Waals surface area (Å²) < 4.78 is 0. The first-order chi connectivity index (χ1) is 14.1. The minimum atomic E-state index is -0.172. The third-order valence-corrected chi connectivity index (χ3v) is 5.78. The van der Waals surface area contributed by atoms with Crippen LogP contribution in [-0.4, -0.2) is 11.8 Å². The predicted octanol–water partition coefficient (Wildman–Crippen LogP) is 5.26. The summed E-state index contributed by atoms with van der Waals surface area (Å²) >= 11 is 1.41. The van der Waals surface area contributed by atoms with Gasteiger partial charge in [-0.3, -0.25) is 9.59 Å². The van der Waals surface area contributed by atoms with E-state index in [9.17, 15) is 9.59 Å². The Kier molecular flexibility index (Phi) is 5.49. The molecular weight excluding hydrogens is 380 g/mol. The van der Waals surface area contributed by atoms with Crippen molar-refractivity contribution in [3.8, 4) is 0 Å². The van der Waals surface area contributed by atoms with Gasteiger partial charge in [-0.15, -0.1) is 0 Å². The van der Waals surface area contributed by atoms with Crippen LogP contribution in [-0.2, 0) is 4.79 Å². The molecule has 1 atom stereocenters. The van der Waals surface area contributed by atoms with E-state index < -0.39 is 0 Å². The van der Waals surface area contributed by atoms with Crippen molar-refractivity contribution in [1.29, 1.82) is 0 Å². The molecule has 4 rings (SSSR count). The fourth-order valence-electron chi connectivity index (χ4n) is 3.11. The Bertz CT molecular complexity index is 1080. The Morgan fingerprint density at radius 2 is 1.69 bits per heavy atom. The highest BCUT2D eigenvalue weighted by Crippen LogP contribution is 2.39. The topological polar surface area (TPSA) is 58.2 Å². The van der Waals surface area contributed by atoms with Crippen molar-refractivity contribution in [2.24, 2.45) is 0 Å². The second kappa shape index (κ2) is 8.37. The third-order valence-electron chi connectivity index (χ3n) is 4.68. The Hall–Kier alpha value is -3.31. The van der Waals surface area contributed by atoms with Gasteiger partial charge in [0.15, 0.2) is 0 Å². The van der Waals surface area contributed by atoms with E-state index in [1.807, 2.05) is 79.7 Å². The molecule has 0 bridgehead atoms. The summed E-state index contributed by atoms with van der Waals surface area (Å²) in [6.45, 7) is 1.95. The number of fused-ring (bicyclic) bond motifs is 1. The van der Waals surface area contributed by atoms with Crippen LogP contribution in [0.15, 0.2) is 88.7 Å². The molecule has 0 spiro atoms. The van der Waals surface area contributed by atoms with Gasteiger partial charge in [0.1, 0.15) is 0 Å². The Morgan fingerprint density at radius 3 is 2.41 bits per heavy atom. The summed E-state index contributed by atoms with van der Waals surface area (Å²) in [5.41, 5.74) is 3.19. The lowest BCUT2D eigenvalue weighted by molar-refractivity contribution is -0.112. The number of hydrogen-bond donors (Lipinski definition) is 2. The summed E-state index contributed by atoms with van der Waals surface area (Å²) in [5.74, 6) is -0.337. The van der Waals surface area contributed by atoms with Crippen molar-refractivity contribution in [2.45, 2.75) is 17.9 Å². The van der Waals surface area contributed by atoms with Gasteiger partial charge in [-0.1, -0.05) is 72.4 Å². The normalized spacial score (nSPS) is 15.3. The van der Waals surface area contributed by atoms with Crippen molar-refractivity contribution in [3.63, 3.8) is 0 Å². The average Bonchev–Trinajstić information content (AvgIpc) is 2.75. The van der Waals surface area contributed by atoms with Crippen LogP contribution in [0.25, 0.3) is 6.08 Å². The molecule has 2 N–H and O–H groups in total. The number of benzene rings is 3. The smallest absolute Gasteiger partial charge is 0.262 e. The van der Waals surface area contributed by atoms with Gasteiger partial charge >= 0.3 is 0 Å². The molecule has 0 radical (unpaired) electrons. The zero-order valence-corrected chi connectivity index (χ0v) is 16.7. The first-order valence-electron chi connectivity index (χ1n) is 9.36. The second-order valence-corrected chi connectivity index (χ2v) is 7.88. The molecule has 1 unspecified atom stereocenters. The molecule has 1 heterocycles. The van der Waals surface area contributed by atoms with Crippen LogP contribution in [0.2, 0.25) is 0 Å². The van der Waals surface area contributed by atoms with Gasteiger partial charge in [0.2, 0.25) is 0 Å². The minimum absolute atomic E-state index is 0.107. The molecule has 144 valence electrons. The second-order valence-electron chi connectivity index (χ2n) is 6.79. The molecule has 1 aliphatic heterocycles. The van der Waals surface area contributed by atoms with E-state index >= 15 is 0 Å². The molecule has 0 saturated heterocycles. The minimum Gasteiger partial charge on any atom is -0.346 e. The quantitative estimate of drug-likeness (QED) is 0.587. The molecule has 1 aliphatic rings. The molecule has 0 aliphatic carbocycles.